The third kappa shape index (κ3) is 3.17. The smallest absolute Gasteiger partial charge is 0.403 e. The summed E-state index contributed by atoms with van der Waals surface area (Å²) >= 11 is 3.56. The molecule has 0 radical (unpaired) electrons. The molecule has 1 saturated heterocycles. The molecule has 0 bridgehead atoms. The highest BCUT2D eigenvalue weighted by Gasteiger charge is 2.55. The summed E-state index contributed by atoms with van der Waals surface area (Å²) in [4.78, 5) is 0. The molecule has 4 heteroatoms. The molecule has 0 saturated carbocycles. The maximum atomic E-state index is 6.46. The van der Waals surface area contributed by atoms with Gasteiger partial charge in [-0.1, -0.05) is 52.3 Å². The summed E-state index contributed by atoms with van der Waals surface area (Å²) in [5.74, 6) is 0.708. The Labute approximate surface area is 165 Å². The van der Waals surface area contributed by atoms with Gasteiger partial charge in [-0.15, -0.1) is 0 Å². The summed E-state index contributed by atoms with van der Waals surface area (Å²) in [7, 11) is -0.179. The van der Waals surface area contributed by atoms with Crippen LogP contribution in [0.1, 0.15) is 50.3 Å². The zero-order chi connectivity index (χ0) is 18.5. The number of rotatable bonds is 2. The predicted octanol–water partition coefficient (Wildman–Crippen LogP) is 5.79. The maximum Gasteiger partial charge on any atom is 0.462 e. The lowest BCUT2D eigenvalue weighted by Gasteiger charge is -2.34. The summed E-state index contributed by atoms with van der Waals surface area (Å²) in [6.45, 7) is 8.55. The number of hydrogen-bond acceptors (Lipinski definition) is 2. The van der Waals surface area contributed by atoms with E-state index in [1.165, 1.54) is 16.7 Å². The molecule has 0 unspecified atom stereocenters. The molecule has 2 aliphatic rings. The van der Waals surface area contributed by atoms with E-state index in [1.807, 2.05) is 0 Å². The molecule has 26 heavy (non-hydrogen) atoms. The molecular weight excluding hydrogens is 387 g/mol. The van der Waals surface area contributed by atoms with Crippen molar-refractivity contribution in [2.75, 3.05) is 0 Å². The number of benzene rings is 2. The predicted molar refractivity (Wildman–Crippen MR) is 111 cm³/mol. The Morgan fingerprint density at radius 3 is 1.96 bits per heavy atom. The highest BCUT2D eigenvalue weighted by Crippen LogP contribution is 2.48. The first-order valence-electron chi connectivity index (χ1n) is 9.45. The van der Waals surface area contributed by atoms with Gasteiger partial charge in [-0.2, -0.15) is 0 Å². The van der Waals surface area contributed by atoms with Crippen molar-refractivity contribution in [2.45, 2.75) is 63.5 Å². The van der Waals surface area contributed by atoms with Crippen molar-refractivity contribution < 1.29 is 9.31 Å². The van der Waals surface area contributed by atoms with E-state index in [9.17, 15) is 0 Å². The molecule has 2 nitrogen and oxygen atoms in total. The van der Waals surface area contributed by atoms with Crippen LogP contribution in [-0.2, 0) is 22.2 Å². The van der Waals surface area contributed by atoms with Crippen LogP contribution in [0.2, 0.25) is 5.82 Å². The van der Waals surface area contributed by atoms with Gasteiger partial charge in [0.15, 0.2) is 0 Å². The van der Waals surface area contributed by atoms with Crippen molar-refractivity contribution in [2.24, 2.45) is 0 Å². The van der Waals surface area contributed by atoms with Crippen molar-refractivity contribution in [3.8, 4) is 0 Å². The van der Waals surface area contributed by atoms with Crippen LogP contribution in [0.3, 0.4) is 0 Å². The van der Waals surface area contributed by atoms with Crippen LogP contribution < -0.4 is 0 Å². The molecule has 2 aromatic carbocycles. The molecule has 0 aromatic heterocycles. The van der Waals surface area contributed by atoms with E-state index in [4.69, 9.17) is 9.31 Å². The van der Waals surface area contributed by atoms with Crippen LogP contribution in [0.5, 0.6) is 0 Å². The molecule has 0 N–H and O–H groups in total. The summed E-state index contributed by atoms with van der Waals surface area (Å²) < 4.78 is 14.0. The fourth-order valence-corrected chi connectivity index (χ4v) is 4.43. The van der Waals surface area contributed by atoms with Gasteiger partial charge in [0.2, 0.25) is 0 Å². The Morgan fingerprint density at radius 1 is 0.846 bits per heavy atom. The number of fused-ring (bicyclic) bond motifs is 1. The van der Waals surface area contributed by atoms with Gasteiger partial charge in [0.05, 0.1) is 11.2 Å². The molecule has 136 valence electrons. The first kappa shape index (κ1) is 18.3. The normalized spacial score (nSPS) is 26.6. The van der Waals surface area contributed by atoms with Gasteiger partial charge < -0.3 is 9.31 Å². The first-order chi connectivity index (χ1) is 12.3. The van der Waals surface area contributed by atoms with Crippen LogP contribution in [0.25, 0.3) is 0 Å². The molecule has 0 amide bonds. The summed E-state index contributed by atoms with van der Waals surface area (Å²) in [5.41, 5.74) is 3.66. The van der Waals surface area contributed by atoms with Crippen molar-refractivity contribution in [3.63, 3.8) is 0 Å². The van der Waals surface area contributed by atoms with E-state index >= 15 is 0 Å². The Bertz CT molecular complexity index is 784. The van der Waals surface area contributed by atoms with Crippen LogP contribution in [0.4, 0.5) is 0 Å². The number of halogens is 1. The molecule has 2 aromatic rings. The third-order valence-electron chi connectivity index (χ3n) is 6.45. The highest BCUT2D eigenvalue weighted by atomic mass is 79.9. The van der Waals surface area contributed by atoms with E-state index in [1.54, 1.807) is 0 Å². The Kier molecular flexibility index (Phi) is 4.57. The van der Waals surface area contributed by atoms with E-state index in [-0.39, 0.29) is 18.3 Å². The van der Waals surface area contributed by atoms with Gasteiger partial charge >= 0.3 is 7.12 Å². The zero-order valence-electron chi connectivity index (χ0n) is 16.0. The first-order valence-corrected chi connectivity index (χ1v) is 10.2. The fraction of sp³-hybridized carbons (Fsp3) is 0.455. The maximum absolute atomic E-state index is 6.46. The van der Waals surface area contributed by atoms with Crippen LogP contribution in [0.15, 0.2) is 53.0 Å². The quantitative estimate of drug-likeness (QED) is 0.580. The van der Waals surface area contributed by atoms with Crippen molar-refractivity contribution >= 4 is 23.0 Å². The van der Waals surface area contributed by atoms with E-state index in [0.717, 1.165) is 17.3 Å². The second-order valence-electron chi connectivity index (χ2n) is 8.62. The van der Waals surface area contributed by atoms with Crippen molar-refractivity contribution in [3.05, 3.63) is 69.7 Å². The van der Waals surface area contributed by atoms with Gasteiger partial charge in [0, 0.05) is 10.3 Å². The van der Waals surface area contributed by atoms with Crippen LogP contribution >= 0.6 is 15.9 Å². The second kappa shape index (κ2) is 6.51. The van der Waals surface area contributed by atoms with Crippen LogP contribution in [-0.4, -0.2) is 18.3 Å². The minimum atomic E-state index is -0.293. The van der Waals surface area contributed by atoms with Gasteiger partial charge in [0.1, 0.15) is 0 Å². The Hall–Kier alpha value is -1.10. The van der Waals surface area contributed by atoms with Crippen molar-refractivity contribution in [1.82, 2.24) is 0 Å². The zero-order valence-corrected chi connectivity index (χ0v) is 17.5. The largest absolute Gasteiger partial charge is 0.462 e. The lowest BCUT2D eigenvalue weighted by molar-refractivity contribution is 0.00578. The van der Waals surface area contributed by atoms with E-state index in [0.29, 0.717) is 11.7 Å². The fourth-order valence-electron chi connectivity index (χ4n) is 4.16. The van der Waals surface area contributed by atoms with E-state index < -0.39 is 0 Å². The standard InChI is InChI=1S/C22H26BBrO2/c1-21(2)22(3,4)26-23(25-21)20-14-17-8-6-5-7-16(17)13-19(20)15-9-11-18(24)12-10-15/h5-12,19-20H,13-14H2,1-4H3/t19-,20+/m1/s1. The molecular formula is C22H26BBrO2. The molecule has 0 spiro atoms. The lowest BCUT2D eigenvalue weighted by atomic mass is 9.56. The minimum Gasteiger partial charge on any atom is -0.403 e. The molecule has 1 heterocycles. The Balaban J connectivity index is 1.71. The summed E-state index contributed by atoms with van der Waals surface area (Å²) in [6, 6.07) is 17.6. The molecule has 2 atom stereocenters. The van der Waals surface area contributed by atoms with E-state index in [2.05, 4.69) is 92.2 Å². The van der Waals surface area contributed by atoms with Crippen LogP contribution in [0, 0.1) is 0 Å². The average molecular weight is 413 g/mol. The molecule has 1 aliphatic heterocycles. The monoisotopic (exact) mass is 412 g/mol. The molecule has 4 rings (SSSR count). The average Bonchev–Trinajstić information content (AvgIpc) is 2.82. The molecule has 1 aliphatic carbocycles. The lowest BCUT2D eigenvalue weighted by Crippen LogP contribution is -2.41. The second-order valence-corrected chi connectivity index (χ2v) is 9.54. The van der Waals surface area contributed by atoms with Crippen molar-refractivity contribution in [1.29, 1.82) is 0 Å². The summed E-state index contributed by atoms with van der Waals surface area (Å²) in [5, 5.41) is 0. The van der Waals surface area contributed by atoms with Gasteiger partial charge in [-0.25, -0.2) is 0 Å². The SMILES string of the molecule is CC1(C)OB([C@H]2Cc3ccccc3C[C@@H]2c2ccc(Br)cc2)OC1(C)C. The minimum absolute atomic E-state index is 0.179. The Morgan fingerprint density at radius 2 is 1.38 bits per heavy atom. The van der Waals surface area contributed by atoms with Gasteiger partial charge in [-0.05, 0) is 75.3 Å². The van der Waals surface area contributed by atoms with Gasteiger partial charge in [0.25, 0.3) is 0 Å². The number of hydrogen-bond donors (Lipinski definition) is 0. The summed E-state index contributed by atoms with van der Waals surface area (Å²) in [6.07, 6.45) is 2.03. The topological polar surface area (TPSA) is 18.5 Å². The molecule has 1 fully saturated rings. The third-order valence-corrected chi connectivity index (χ3v) is 6.98. The van der Waals surface area contributed by atoms with Gasteiger partial charge in [-0.3, -0.25) is 0 Å². The highest BCUT2D eigenvalue weighted by molar-refractivity contribution is 9.10.